The number of hydrogen-bond donors (Lipinski definition) is 1. The molecule has 0 spiro atoms. The Labute approximate surface area is 107 Å². The Morgan fingerprint density at radius 2 is 2.17 bits per heavy atom. The van der Waals surface area contributed by atoms with Crippen molar-refractivity contribution in [1.82, 2.24) is 9.78 Å². The lowest BCUT2D eigenvalue weighted by Crippen LogP contribution is -2.16. The van der Waals surface area contributed by atoms with E-state index < -0.39 is 0 Å². The number of hydrogen-bond acceptors (Lipinski definition) is 3. The summed E-state index contributed by atoms with van der Waals surface area (Å²) in [6, 6.07) is 7.97. The molecule has 0 fully saturated rings. The maximum Gasteiger partial charge on any atom is 0.139 e. The molecule has 2 rings (SSSR count). The fourth-order valence-corrected chi connectivity index (χ4v) is 2.15. The zero-order chi connectivity index (χ0) is 13.1. The van der Waals surface area contributed by atoms with E-state index in [-0.39, 0.29) is 11.7 Å². The van der Waals surface area contributed by atoms with Crippen LogP contribution in [0.1, 0.15) is 19.0 Å². The number of carbonyl (C=O) groups excluding carboxylic acids is 1. The van der Waals surface area contributed by atoms with Crippen LogP contribution in [0.25, 0.3) is 10.9 Å². The number of aryl methyl sites for hydroxylation is 1. The molecule has 4 nitrogen and oxygen atoms in total. The molecule has 0 bridgehead atoms. The number of benzene rings is 1. The molecule has 4 heteroatoms. The number of aromatic nitrogens is 2. The van der Waals surface area contributed by atoms with E-state index in [9.17, 15) is 4.79 Å². The summed E-state index contributed by atoms with van der Waals surface area (Å²) >= 11 is 0. The van der Waals surface area contributed by atoms with Gasteiger partial charge in [-0.1, -0.05) is 25.1 Å². The molecule has 1 aromatic heterocycles. The normalized spacial score (nSPS) is 12.8. The third-order valence-corrected chi connectivity index (χ3v) is 3.18. The predicted octanol–water partition coefficient (Wildman–Crippen LogP) is 1.67. The summed E-state index contributed by atoms with van der Waals surface area (Å²) in [6.07, 6.45) is 0.924. The summed E-state index contributed by atoms with van der Waals surface area (Å²) in [5, 5.41) is 5.49. The highest BCUT2D eigenvalue weighted by Crippen LogP contribution is 2.18. The SMILES string of the molecule is CC(CN)CC(=O)Cc1nn(C)c2ccccc12. The largest absolute Gasteiger partial charge is 0.330 e. The molecule has 2 N–H and O–H groups in total. The van der Waals surface area contributed by atoms with Crippen molar-refractivity contribution in [2.45, 2.75) is 19.8 Å². The Kier molecular flexibility index (Phi) is 3.77. The summed E-state index contributed by atoms with van der Waals surface area (Å²) in [6.45, 7) is 2.54. The molecule has 96 valence electrons. The van der Waals surface area contributed by atoms with E-state index in [1.54, 1.807) is 0 Å². The van der Waals surface area contributed by atoms with E-state index in [0.717, 1.165) is 16.6 Å². The Morgan fingerprint density at radius 1 is 1.44 bits per heavy atom. The van der Waals surface area contributed by atoms with E-state index in [0.29, 0.717) is 19.4 Å². The van der Waals surface area contributed by atoms with E-state index in [1.807, 2.05) is 42.9 Å². The summed E-state index contributed by atoms with van der Waals surface area (Å²) in [5.74, 6) is 0.448. The van der Waals surface area contributed by atoms with Gasteiger partial charge >= 0.3 is 0 Å². The second kappa shape index (κ2) is 5.31. The van der Waals surface area contributed by atoms with Gasteiger partial charge in [-0.3, -0.25) is 9.48 Å². The van der Waals surface area contributed by atoms with Crippen molar-refractivity contribution in [3.8, 4) is 0 Å². The number of Topliss-reactive ketones (excluding diaryl/α,β-unsaturated/α-hetero) is 1. The van der Waals surface area contributed by atoms with Crippen molar-refractivity contribution >= 4 is 16.7 Å². The Morgan fingerprint density at radius 3 is 2.89 bits per heavy atom. The molecule has 0 radical (unpaired) electrons. The molecule has 1 atom stereocenters. The molecule has 0 aliphatic heterocycles. The minimum absolute atomic E-state index is 0.205. The molecule has 1 unspecified atom stereocenters. The molecular weight excluding hydrogens is 226 g/mol. The van der Waals surface area contributed by atoms with Crippen LogP contribution in [0.3, 0.4) is 0 Å². The lowest BCUT2D eigenvalue weighted by molar-refractivity contribution is -0.119. The topological polar surface area (TPSA) is 60.9 Å². The molecular formula is C14H19N3O. The number of carbonyl (C=O) groups is 1. The number of nitrogens with zero attached hydrogens (tertiary/aromatic N) is 2. The Bertz CT molecular complexity index is 559. The number of rotatable bonds is 5. The zero-order valence-corrected chi connectivity index (χ0v) is 10.9. The monoisotopic (exact) mass is 245 g/mol. The predicted molar refractivity (Wildman–Crippen MR) is 72.3 cm³/mol. The summed E-state index contributed by atoms with van der Waals surface area (Å²) < 4.78 is 1.82. The van der Waals surface area contributed by atoms with Gasteiger partial charge in [-0.25, -0.2) is 0 Å². The number of para-hydroxylation sites is 1. The average Bonchev–Trinajstić information content (AvgIpc) is 2.67. The fraction of sp³-hybridized carbons (Fsp3) is 0.429. The van der Waals surface area contributed by atoms with Crippen molar-refractivity contribution in [1.29, 1.82) is 0 Å². The zero-order valence-electron chi connectivity index (χ0n) is 10.9. The van der Waals surface area contributed by atoms with Crippen LogP contribution in [0, 0.1) is 5.92 Å². The van der Waals surface area contributed by atoms with E-state index in [2.05, 4.69) is 5.10 Å². The molecule has 0 amide bonds. The summed E-state index contributed by atoms with van der Waals surface area (Å²) in [7, 11) is 1.90. The fourth-order valence-electron chi connectivity index (χ4n) is 2.15. The van der Waals surface area contributed by atoms with E-state index in [1.165, 1.54) is 0 Å². The first-order valence-electron chi connectivity index (χ1n) is 6.24. The standard InChI is InChI=1S/C14H19N3O/c1-10(9-15)7-11(18)8-13-12-5-3-4-6-14(12)17(2)16-13/h3-6,10H,7-9,15H2,1-2H3. The van der Waals surface area contributed by atoms with Crippen molar-refractivity contribution in [3.63, 3.8) is 0 Å². The van der Waals surface area contributed by atoms with Crippen LogP contribution in [0.5, 0.6) is 0 Å². The Balaban J connectivity index is 2.19. The molecule has 0 aliphatic rings. The lowest BCUT2D eigenvalue weighted by atomic mass is 10.0. The van der Waals surface area contributed by atoms with E-state index >= 15 is 0 Å². The van der Waals surface area contributed by atoms with Crippen LogP contribution in [-0.2, 0) is 18.3 Å². The van der Waals surface area contributed by atoms with Gasteiger partial charge in [0.25, 0.3) is 0 Å². The first-order valence-corrected chi connectivity index (χ1v) is 6.24. The first kappa shape index (κ1) is 12.8. The number of ketones is 1. The van der Waals surface area contributed by atoms with Gasteiger partial charge < -0.3 is 5.73 Å². The molecule has 0 saturated carbocycles. The third kappa shape index (κ3) is 2.59. The highest BCUT2D eigenvalue weighted by atomic mass is 16.1. The van der Waals surface area contributed by atoms with Gasteiger partial charge in [0.1, 0.15) is 5.78 Å². The molecule has 2 aromatic rings. The lowest BCUT2D eigenvalue weighted by Gasteiger charge is -2.05. The third-order valence-electron chi connectivity index (χ3n) is 3.18. The van der Waals surface area contributed by atoms with Crippen LogP contribution in [-0.4, -0.2) is 22.1 Å². The first-order chi connectivity index (χ1) is 8.61. The second-order valence-corrected chi connectivity index (χ2v) is 4.85. The van der Waals surface area contributed by atoms with Gasteiger partial charge in [-0.05, 0) is 18.5 Å². The Hall–Kier alpha value is -1.68. The van der Waals surface area contributed by atoms with Crippen molar-refractivity contribution in [2.24, 2.45) is 18.7 Å². The van der Waals surface area contributed by atoms with Gasteiger partial charge in [-0.15, -0.1) is 0 Å². The maximum absolute atomic E-state index is 11.9. The quantitative estimate of drug-likeness (QED) is 0.871. The van der Waals surface area contributed by atoms with Crippen LogP contribution in [0.2, 0.25) is 0 Å². The number of fused-ring (bicyclic) bond motifs is 1. The van der Waals surface area contributed by atoms with Gasteiger partial charge in [0, 0.05) is 18.9 Å². The van der Waals surface area contributed by atoms with Gasteiger partial charge in [-0.2, -0.15) is 5.10 Å². The maximum atomic E-state index is 11.9. The molecule has 0 aliphatic carbocycles. The highest BCUT2D eigenvalue weighted by Gasteiger charge is 2.13. The molecule has 1 aromatic carbocycles. The van der Waals surface area contributed by atoms with Crippen LogP contribution >= 0.6 is 0 Å². The highest BCUT2D eigenvalue weighted by molar-refractivity contribution is 5.88. The van der Waals surface area contributed by atoms with Crippen LogP contribution < -0.4 is 5.73 Å². The van der Waals surface area contributed by atoms with Gasteiger partial charge in [0.05, 0.1) is 17.6 Å². The van der Waals surface area contributed by atoms with E-state index in [4.69, 9.17) is 5.73 Å². The summed E-state index contributed by atoms with van der Waals surface area (Å²) in [4.78, 5) is 11.9. The van der Waals surface area contributed by atoms with Crippen molar-refractivity contribution in [3.05, 3.63) is 30.0 Å². The molecule has 18 heavy (non-hydrogen) atoms. The van der Waals surface area contributed by atoms with Gasteiger partial charge in [0.2, 0.25) is 0 Å². The van der Waals surface area contributed by atoms with Crippen molar-refractivity contribution < 1.29 is 4.79 Å². The minimum Gasteiger partial charge on any atom is -0.330 e. The smallest absolute Gasteiger partial charge is 0.139 e. The average molecular weight is 245 g/mol. The number of nitrogens with two attached hydrogens (primary N) is 1. The van der Waals surface area contributed by atoms with Gasteiger partial charge in [0.15, 0.2) is 0 Å². The summed E-state index contributed by atoms with van der Waals surface area (Å²) in [5.41, 5.74) is 7.46. The second-order valence-electron chi connectivity index (χ2n) is 4.85. The minimum atomic E-state index is 0.205. The van der Waals surface area contributed by atoms with Crippen LogP contribution in [0.4, 0.5) is 0 Å². The molecule has 0 saturated heterocycles. The van der Waals surface area contributed by atoms with Crippen LogP contribution in [0.15, 0.2) is 24.3 Å². The van der Waals surface area contributed by atoms with Crippen molar-refractivity contribution in [2.75, 3.05) is 6.54 Å². The molecule has 1 heterocycles.